The largest absolute Gasteiger partial charge is 0.393 e. The maximum atomic E-state index is 11.8. The second-order valence-electron chi connectivity index (χ2n) is 8.99. The lowest BCUT2D eigenvalue weighted by Crippen LogP contribution is -2.54. The topological polar surface area (TPSA) is 37.3 Å². The van der Waals surface area contributed by atoms with Gasteiger partial charge >= 0.3 is 0 Å². The molecule has 0 aromatic rings. The van der Waals surface area contributed by atoms with Gasteiger partial charge in [0.25, 0.3) is 0 Å². The molecule has 3 fully saturated rings. The molecule has 4 aliphatic rings. The average Bonchev–Trinajstić information content (AvgIpc) is 2.73. The minimum absolute atomic E-state index is 0.108. The fraction of sp³-hybridized carbons (Fsp3) is 0.750. The van der Waals surface area contributed by atoms with Crippen LogP contribution < -0.4 is 0 Å². The molecule has 0 heterocycles. The molecule has 0 bridgehead atoms. The van der Waals surface area contributed by atoms with Crippen LogP contribution in [0.3, 0.4) is 0 Å². The van der Waals surface area contributed by atoms with E-state index in [2.05, 4.69) is 26.8 Å². The van der Waals surface area contributed by atoms with Crippen molar-refractivity contribution >= 4 is 5.78 Å². The van der Waals surface area contributed by atoms with Crippen molar-refractivity contribution in [1.29, 1.82) is 0 Å². The number of fused-ring (bicyclic) bond motifs is 5. The Kier molecular flexibility index (Phi) is 3.05. The zero-order valence-electron chi connectivity index (χ0n) is 14.0. The number of allylic oxidation sites excluding steroid dienone is 4. The van der Waals surface area contributed by atoms with Gasteiger partial charge in [0, 0.05) is 11.3 Å². The molecule has 4 rings (SSSR count). The Morgan fingerprint density at radius 1 is 1.27 bits per heavy atom. The van der Waals surface area contributed by atoms with E-state index in [1.54, 1.807) is 6.08 Å². The third kappa shape index (κ3) is 1.86. The van der Waals surface area contributed by atoms with Crippen LogP contribution in [0.5, 0.6) is 0 Å². The lowest BCUT2D eigenvalue weighted by atomic mass is 9.47. The predicted molar refractivity (Wildman–Crippen MR) is 87.2 cm³/mol. The van der Waals surface area contributed by atoms with Crippen molar-refractivity contribution in [2.75, 3.05) is 0 Å². The third-order valence-corrected chi connectivity index (χ3v) is 7.48. The smallest absolute Gasteiger partial charge is 0.178 e. The normalized spacial score (nSPS) is 53.5. The van der Waals surface area contributed by atoms with E-state index in [0.717, 1.165) is 31.1 Å². The molecule has 120 valence electrons. The van der Waals surface area contributed by atoms with Gasteiger partial charge in [-0.3, -0.25) is 4.79 Å². The van der Waals surface area contributed by atoms with Crippen molar-refractivity contribution in [3.05, 3.63) is 23.8 Å². The summed E-state index contributed by atoms with van der Waals surface area (Å²) in [7, 11) is 0. The van der Waals surface area contributed by atoms with Crippen LogP contribution in [0, 0.1) is 34.5 Å². The van der Waals surface area contributed by atoms with Crippen molar-refractivity contribution in [3.63, 3.8) is 0 Å². The number of aliphatic hydroxyl groups is 1. The summed E-state index contributed by atoms with van der Waals surface area (Å²) in [4.78, 5) is 11.8. The molecule has 6 unspecified atom stereocenters. The molecule has 0 spiro atoms. The summed E-state index contributed by atoms with van der Waals surface area (Å²) in [6.07, 6.45) is 11.1. The molecule has 22 heavy (non-hydrogen) atoms. The first-order valence-corrected chi connectivity index (χ1v) is 8.96. The second kappa shape index (κ2) is 4.56. The molecule has 7 atom stereocenters. The van der Waals surface area contributed by atoms with Gasteiger partial charge in [0.1, 0.15) is 0 Å². The fourth-order valence-electron chi connectivity index (χ4n) is 6.77. The molecule has 0 radical (unpaired) electrons. The number of carbonyl (C=O) groups is 1. The maximum Gasteiger partial charge on any atom is 0.178 e. The lowest BCUT2D eigenvalue weighted by molar-refractivity contribution is -0.113. The highest BCUT2D eigenvalue weighted by Crippen LogP contribution is 2.65. The van der Waals surface area contributed by atoms with E-state index in [4.69, 9.17) is 0 Å². The zero-order chi connectivity index (χ0) is 15.7. The van der Waals surface area contributed by atoms with Gasteiger partial charge in [0.2, 0.25) is 0 Å². The van der Waals surface area contributed by atoms with E-state index in [1.165, 1.54) is 18.4 Å². The Labute approximate surface area is 133 Å². The molecule has 2 heteroatoms. The minimum atomic E-state index is -0.233. The van der Waals surface area contributed by atoms with Crippen molar-refractivity contribution in [2.45, 2.75) is 59.0 Å². The van der Waals surface area contributed by atoms with Crippen molar-refractivity contribution < 1.29 is 9.90 Å². The Balaban J connectivity index is 1.75. The van der Waals surface area contributed by atoms with Crippen molar-refractivity contribution in [2.24, 2.45) is 34.5 Å². The standard InChI is InChI=1S/C20H28O2/c1-12-8-16-15-5-4-13-9-14(21)6-7-20(13,3)18(15)17(22)11-19(16,2)10-12/h6-7,9,12,15-18,22H,4-5,8,10-11H2,1-3H3/t12?,15?,16?,17-,18?,19?,20?/m0/s1. The summed E-state index contributed by atoms with van der Waals surface area (Å²) in [5.74, 6) is 2.56. The molecule has 0 amide bonds. The first-order chi connectivity index (χ1) is 10.3. The molecule has 0 saturated heterocycles. The van der Waals surface area contributed by atoms with Gasteiger partial charge in [0.15, 0.2) is 5.78 Å². The molecular weight excluding hydrogens is 272 g/mol. The van der Waals surface area contributed by atoms with Gasteiger partial charge in [-0.15, -0.1) is 0 Å². The summed E-state index contributed by atoms with van der Waals surface area (Å²) < 4.78 is 0. The van der Waals surface area contributed by atoms with Crippen LogP contribution in [-0.4, -0.2) is 17.0 Å². The number of rotatable bonds is 0. The van der Waals surface area contributed by atoms with Crippen molar-refractivity contribution in [3.8, 4) is 0 Å². The maximum absolute atomic E-state index is 11.8. The van der Waals surface area contributed by atoms with E-state index in [1.807, 2.05) is 6.08 Å². The molecule has 0 aromatic carbocycles. The molecule has 4 aliphatic carbocycles. The summed E-state index contributed by atoms with van der Waals surface area (Å²) in [5.41, 5.74) is 1.48. The molecule has 2 nitrogen and oxygen atoms in total. The summed E-state index contributed by atoms with van der Waals surface area (Å²) >= 11 is 0. The SMILES string of the molecule is CC1CC2C3CCC4=CC(=O)C=CC4(C)C3[C@@H](O)CC2(C)C1. The minimum Gasteiger partial charge on any atom is -0.393 e. The van der Waals surface area contributed by atoms with Gasteiger partial charge in [0.05, 0.1) is 6.10 Å². The van der Waals surface area contributed by atoms with Crippen LogP contribution in [0.15, 0.2) is 23.8 Å². The van der Waals surface area contributed by atoms with Crippen LogP contribution in [0.4, 0.5) is 0 Å². The Hall–Kier alpha value is -0.890. The number of hydrogen-bond donors (Lipinski definition) is 1. The van der Waals surface area contributed by atoms with Crippen LogP contribution in [0.1, 0.15) is 52.9 Å². The van der Waals surface area contributed by atoms with E-state index >= 15 is 0 Å². The van der Waals surface area contributed by atoms with Crippen LogP contribution in [-0.2, 0) is 4.79 Å². The summed E-state index contributed by atoms with van der Waals surface area (Å²) in [5, 5.41) is 11.0. The highest BCUT2D eigenvalue weighted by atomic mass is 16.3. The van der Waals surface area contributed by atoms with E-state index < -0.39 is 0 Å². The van der Waals surface area contributed by atoms with Gasteiger partial charge in [-0.1, -0.05) is 32.4 Å². The number of ketones is 1. The van der Waals surface area contributed by atoms with Crippen LogP contribution in [0.25, 0.3) is 0 Å². The fourth-order valence-corrected chi connectivity index (χ4v) is 6.77. The molecule has 1 N–H and O–H groups in total. The number of hydrogen-bond acceptors (Lipinski definition) is 2. The van der Waals surface area contributed by atoms with Gasteiger partial charge in [-0.05, 0) is 67.4 Å². The molecule has 0 aromatic heterocycles. The number of aliphatic hydroxyl groups excluding tert-OH is 1. The summed E-state index contributed by atoms with van der Waals surface area (Å²) in [6, 6.07) is 0. The van der Waals surface area contributed by atoms with E-state index in [-0.39, 0.29) is 17.3 Å². The monoisotopic (exact) mass is 300 g/mol. The third-order valence-electron chi connectivity index (χ3n) is 7.48. The second-order valence-corrected chi connectivity index (χ2v) is 8.99. The van der Waals surface area contributed by atoms with Crippen molar-refractivity contribution in [1.82, 2.24) is 0 Å². The average molecular weight is 300 g/mol. The van der Waals surface area contributed by atoms with E-state index in [9.17, 15) is 9.90 Å². The highest BCUT2D eigenvalue weighted by molar-refractivity contribution is 6.01. The zero-order valence-corrected chi connectivity index (χ0v) is 14.0. The Bertz CT molecular complexity index is 574. The van der Waals surface area contributed by atoms with E-state index in [0.29, 0.717) is 17.3 Å². The Morgan fingerprint density at radius 3 is 2.82 bits per heavy atom. The molecular formula is C20H28O2. The first kappa shape index (κ1) is 14.7. The van der Waals surface area contributed by atoms with Crippen LogP contribution >= 0.6 is 0 Å². The predicted octanol–water partition coefficient (Wildman–Crippen LogP) is 3.90. The highest BCUT2D eigenvalue weighted by Gasteiger charge is 2.59. The molecule has 0 aliphatic heterocycles. The molecule has 3 saturated carbocycles. The van der Waals surface area contributed by atoms with Gasteiger partial charge < -0.3 is 5.11 Å². The van der Waals surface area contributed by atoms with Crippen LogP contribution in [0.2, 0.25) is 0 Å². The quantitative estimate of drug-likeness (QED) is 0.736. The van der Waals surface area contributed by atoms with Gasteiger partial charge in [-0.2, -0.15) is 0 Å². The number of carbonyl (C=O) groups excluding carboxylic acids is 1. The van der Waals surface area contributed by atoms with Gasteiger partial charge in [-0.25, -0.2) is 0 Å². The Morgan fingerprint density at radius 2 is 2.05 bits per heavy atom. The lowest BCUT2D eigenvalue weighted by Gasteiger charge is -2.58. The first-order valence-electron chi connectivity index (χ1n) is 8.96. The summed E-state index contributed by atoms with van der Waals surface area (Å²) in [6.45, 7) is 7.04.